The van der Waals surface area contributed by atoms with E-state index in [1.165, 1.54) is 37.8 Å². The van der Waals surface area contributed by atoms with E-state index in [4.69, 9.17) is 5.73 Å². The van der Waals surface area contributed by atoms with E-state index in [9.17, 15) is 0 Å². The topological polar surface area (TPSA) is 68.2 Å². The Kier molecular flexibility index (Phi) is 8.06. The molecule has 0 aliphatic heterocycles. The molecule has 2 rings (SSSR count). The van der Waals surface area contributed by atoms with Gasteiger partial charge in [0.15, 0.2) is 5.96 Å². The molecule has 0 aromatic carbocycles. The molecule has 1 aromatic heterocycles. The summed E-state index contributed by atoms with van der Waals surface area (Å²) in [5.74, 6) is 0.602. The molecule has 0 unspecified atom stereocenters. The minimum absolute atomic E-state index is 0. The molecule has 5 nitrogen and oxygen atoms in total. The summed E-state index contributed by atoms with van der Waals surface area (Å²) in [4.78, 5) is 4.41. The van der Waals surface area contributed by atoms with E-state index in [-0.39, 0.29) is 24.0 Å². The predicted octanol–water partition coefficient (Wildman–Crippen LogP) is 2.75. The summed E-state index contributed by atoms with van der Waals surface area (Å²) < 4.78 is 2.04. The average Bonchev–Trinajstić information content (AvgIpc) is 2.74. The summed E-state index contributed by atoms with van der Waals surface area (Å²) in [5, 5.41) is 7.78. The second kappa shape index (κ2) is 9.27. The van der Waals surface area contributed by atoms with Crippen LogP contribution >= 0.6 is 24.0 Å². The minimum atomic E-state index is 0. The molecule has 0 bridgehead atoms. The van der Waals surface area contributed by atoms with Gasteiger partial charge in [0.1, 0.15) is 0 Å². The Morgan fingerprint density at radius 2 is 2.10 bits per heavy atom. The maximum atomic E-state index is 5.93. The monoisotopic (exact) mass is 405 g/mol. The minimum Gasteiger partial charge on any atom is -0.370 e. The van der Waals surface area contributed by atoms with Gasteiger partial charge in [-0.25, -0.2) is 0 Å². The van der Waals surface area contributed by atoms with Crippen molar-refractivity contribution in [3.63, 3.8) is 0 Å². The van der Waals surface area contributed by atoms with Crippen LogP contribution in [0.4, 0.5) is 0 Å². The van der Waals surface area contributed by atoms with E-state index in [1.807, 2.05) is 11.6 Å². The van der Waals surface area contributed by atoms with Crippen molar-refractivity contribution in [2.75, 3.05) is 6.54 Å². The zero-order chi connectivity index (χ0) is 14.4. The summed E-state index contributed by atoms with van der Waals surface area (Å²) in [5.41, 5.74) is 8.22. The average molecular weight is 405 g/mol. The van der Waals surface area contributed by atoms with Crippen LogP contribution in [0.25, 0.3) is 0 Å². The van der Waals surface area contributed by atoms with Gasteiger partial charge in [0.2, 0.25) is 0 Å². The molecule has 1 fully saturated rings. The molecule has 1 aromatic rings. The number of guanidine groups is 1. The normalized spacial score (nSPS) is 16.6. The number of halogens is 1. The molecule has 0 saturated heterocycles. The summed E-state index contributed by atoms with van der Waals surface area (Å²) >= 11 is 0. The van der Waals surface area contributed by atoms with Gasteiger partial charge < -0.3 is 11.1 Å². The van der Waals surface area contributed by atoms with E-state index >= 15 is 0 Å². The SMILES string of the molecule is Cc1cc(C)n(CCCN=C(N)NC2CCCCC2)n1.I. The highest BCUT2D eigenvalue weighted by atomic mass is 127. The predicted molar refractivity (Wildman–Crippen MR) is 98.2 cm³/mol. The Labute approximate surface area is 144 Å². The molecule has 21 heavy (non-hydrogen) atoms. The van der Waals surface area contributed by atoms with Crippen molar-refractivity contribution in [1.29, 1.82) is 0 Å². The molecule has 1 saturated carbocycles. The van der Waals surface area contributed by atoms with Crippen molar-refractivity contribution in [3.8, 4) is 0 Å². The Balaban J connectivity index is 0.00000220. The second-order valence-electron chi connectivity index (χ2n) is 5.75. The van der Waals surface area contributed by atoms with Gasteiger partial charge in [-0.05, 0) is 39.2 Å². The number of aliphatic imine (C=N–C) groups is 1. The lowest BCUT2D eigenvalue weighted by atomic mass is 9.96. The summed E-state index contributed by atoms with van der Waals surface area (Å²) in [6, 6.07) is 2.63. The van der Waals surface area contributed by atoms with Gasteiger partial charge in [-0.3, -0.25) is 9.67 Å². The molecule has 1 heterocycles. The molecular formula is C15H28IN5. The molecule has 1 aliphatic rings. The molecule has 3 N–H and O–H groups in total. The van der Waals surface area contributed by atoms with Crippen molar-refractivity contribution in [2.24, 2.45) is 10.7 Å². The van der Waals surface area contributed by atoms with E-state index in [2.05, 4.69) is 28.4 Å². The zero-order valence-electron chi connectivity index (χ0n) is 13.1. The van der Waals surface area contributed by atoms with Crippen LogP contribution in [-0.2, 0) is 6.54 Å². The Morgan fingerprint density at radius 3 is 2.71 bits per heavy atom. The first-order chi connectivity index (χ1) is 9.65. The third kappa shape index (κ3) is 6.23. The highest BCUT2D eigenvalue weighted by Gasteiger charge is 2.13. The van der Waals surface area contributed by atoms with Crippen molar-refractivity contribution in [1.82, 2.24) is 15.1 Å². The highest BCUT2D eigenvalue weighted by Crippen LogP contribution is 2.16. The number of aromatic nitrogens is 2. The molecule has 120 valence electrons. The smallest absolute Gasteiger partial charge is 0.188 e. The Hall–Kier alpha value is -0.790. The number of nitrogens with zero attached hydrogens (tertiary/aromatic N) is 3. The van der Waals surface area contributed by atoms with Crippen LogP contribution in [0.2, 0.25) is 0 Å². The van der Waals surface area contributed by atoms with Crippen LogP contribution in [0, 0.1) is 13.8 Å². The second-order valence-corrected chi connectivity index (χ2v) is 5.75. The molecular weight excluding hydrogens is 377 g/mol. The lowest BCUT2D eigenvalue weighted by Gasteiger charge is -2.23. The third-order valence-electron chi connectivity index (χ3n) is 3.87. The first-order valence-corrected chi connectivity index (χ1v) is 7.72. The van der Waals surface area contributed by atoms with Crippen molar-refractivity contribution in [3.05, 3.63) is 17.5 Å². The molecule has 0 spiro atoms. The van der Waals surface area contributed by atoms with E-state index in [0.29, 0.717) is 12.0 Å². The zero-order valence-corrected chi connectivity index (χ0v) is 15.5. The highest BCUT2D eigenvalue weighted by molar-refractivity contribution is 14.0. The lowest BCUT2D eigenvalue weighted by Crippen LogP contribution is -2.41. The van der Waals surface area contributed by atoms with Crippen LogP contribution in [0.5, 0.6) is 0 Å². The number of aryl methyl sites for hydroxylation is 3. The van der Waals surface area contributed by atoms with Crippen LogP contribution in [0.1, 0.15) is 49.9 Å². The summed E-state index contributed by atoms with van der Waals surface area (Å²) in [7, 11) is 0. The number of nitrogens with one attached hydrogen (secondary N) is 1. The third-order valence-corrected chi connectivity index (χ3v) is 3.87. The maximum Gasteiger partial charge on any atom is 0.188 e. The van der Waals surface area contributed by atoms with Crippen molar-refractivity contribution in [2.45, 2.75) is 65.0 Å². The lowest BCUT2D eigenvalue weighted by molar-refractivity contribution is 0.412. The number of nitrogens with two attached hydrogens (primary N) is 1. The van der Waals surface area contributed by atoms with E-state index < -0.39 is 0 Å². The Morgan fingerprint density at radius 1 is 1.38 bits per heavy atom. The number of hydrogen-bond acceptors (Lipinski definition) is 2. The molecule has 0 amide bonds. The van der Waals surface area contributed by atoms with Crippen LogP contribution in [0.3, 0.4) is 0 Å². The first-order valence-electron chi connectivity index (χ1n) is 7.72. The number of rotatable bonds is 5. The quantitative estimate of drug-likeness (QED) is 0.343. The van der Waals surface area contributed by atoms with Crippen molar-refractivity contribution < 1.29 is 0 Å². The Bertz CT molecular complexity index is 449. The van der Waals surface area contributed by atoms with Gasteiger partial charge in [-0.2, -0.15) is 5.10 Å². The molecule has 0 atom stereocenters. The van der Waals surface area contributed by atoms with E-state index in [0.717, 1.165) is 25.2 Å². The van der Waals surface area contributed by atoms with Gasteiger partial charge in [-0.1, -0.05) is 19.3 Å². The fraction of sp³-hybridized carbons (Fsp3) is 0.733. The van der Waals surface area contributed by atoms with Crippen molar-refractivity contribution >= 4 is 29.9 Å². The van der Waals surface area contributed by atoms with Gasteiger partial charge in [0.05, 0.1) is 5.69 Å². The largest absolute Gasteiger partial charge is 0.370 e. The molecule has 6 heteroatoms. The van der Waals surface area contributed by atoms with Gasteiger partial charge in [0, 0.05) is 24.8 Å². The maximum absolute atomic E-state index is 5.93. The van der Waals surface area contributed by atoms with Crippen LogP contribution in [-0.4, -0.2) is 28.3 Å². The van der Waals surface area contributed by atoms with Crippen LogP contribution < -0.4 is 11.1 Å². The van der Waals surface area contributed by atoms with Gasteiger partial charge in [-0.15, -0.1) is 24.0 Å². The fourth-order valence-corrected chi connectivity index (χ4v) is 2.82. The fourth-order valence-electron chi connectivity index (χ4n) is 2.82. The molecule has 0 radical (unpaired) electrons. The van der Waals surface area contributed by atoms with Gasteiger partial charge in [0.25, 0.3) is 0 Å². The standard InChI is InChI=1S/C15H27N5.HI/c1-12-11-13(2)20(19-12)10-6-9-17-15(16)18-14-7-4-3-5-8-14;/h11,14H,3-10H2,1-2H3,(H3,16,17,18);1H. The van der Waals surface area contributed by atoms with E-state index in [1.54, 1.807) is 0 Å². The number of hydrogen-bond donors (Lipinski definition) is 2. The summed E-state index contributed by atoms with van der Waals surface area (Å²) in [6.45, 7) is 5.76. The van der Waals surface area contributed by atoms with Crippen LogP contribution in [0.15, 0.2) is 11.1 Å². The molecule has 1 aliphatic carbocycles. The van der Waals surface area contributed by atoms with Gasteiger partial charge >= 0.3 is 0 Å². The summed E-state index contributed by atoms with van der Waals surface area (Å²) in [6.07, 6.45) is 7.39. The first kappa shape index (κ1) is 18.3.